The molecule has 0 N–H and O–H groups in total. The SMILES string of the molecule is O=[N+]([O-])[C-](C[C-]([N+](=O)[O-])[N+](=O)[O-])[N+](=O)[O-]. The van der Waals surface area contributed by atoms with Crippen LogP contribution in [-0.2, 0) is 0 Å². The fraction of sp³-hybridized carbons (Fsp3) is 0.333. The lowest BCUT2D eigenvalue weighted by molar-refractivity contribution is -0.707. The van der Waals surface area contributed by atoms with Crippen molar-refractivity contribution in [1.82, 2.24) is 0 Å². The Morgan fingerprint density at radius 1 is 0.667 bits per heavy atom. The summed E-state index contributed by atoms with van der Waals surface area (Å²) in [5.74, 6) is 0. The van der Waals surface area contributed by atoms with Crippen molar-refractivity contribution in [3.63, 3.8) is 0 Å². The van der Waals surface area contributed by atoms with E-state index in [9.17, 15) is 40.5 Å². The lowest BCUT2D eigenvalue weighted by Gasteiger charge is -2.17. The molecule has 0 aromatic carbocycles. The first-order chi connectivity index (χ1) is 6.77. The van der Waals surface area contributed by atoms with E-state index in [1.54, 1.807) is 0 Å². The van der Waals surface area contributed by atoms with Crippen molar-refractivity contribution in [2.75, 3.05) is 0 Å². The first-order valence-electron chi connectivity index (χ1n) is 3.06. The highest BCUT2D eigenvalue weighted by Crippen LogP contribution is 2.18. The number of rotatable bonds is 6. The molecule has 0 atom stereocenters. The first kappa shape index (κ1) is 12.3. The third kappa shape index (κ3) is 3.29. The van der Waals surface area contributed by atoms with Gasteiger partial charge in [-0.15, -0.1) is 0 Å². The molecule has 0 aliphatic heterocycles. The summed E-state index contributed by atoms with van der Waals surface area (Å²) in [6.45, 7) is 0. The van der Waals surface area contributed by atoms with Gasteiger partial charge < -0.3 is 0 Å². The second-order valence-corrected chi connectivity index (χ2v) is 2.04. The minimum absolute atomic E-state index is 1.52. The van der Waals surface area contributed by atoms with Gasteiger partial charge in [-0.1, -0.05) is 0 Å². The minimum atomic E-state index is -1.72. The van der Waals surface area contributed by atoms with Crippen molar-refractivity contribution in [2.45, 2.75) is 6.42 Å². The minimum Gasteiger partial charge on any atom is -0.289 e. The van der Waals surface area contributed by atoms with Gasteiger partial charge in [0, 0.05) is 0 Å². The van der Waals surface area contributed by atoms with Crippen LogP contribution in [-0.4, -0.2) is 19.7 Å². The largest absolute Gasteiger partial charge is 0.289 e. The zero-order valence-electron chi connectivity index (χ0n) is 6.76. The van der Waals surface area contributed by atoms with Crippen LogP contribution in [0.3, 0.4) is 0 Å². The zero-order valence-corrected chi connectivity index (χ0v) is 6.76. The smallest absolute Gasteiger partial charge is 0.250 e. The van der Waals surface area contributed by atoms with Crippen LogP contribution in [0, 0.1) is 52.8 Å². The Labute approximate surface area is 80.1 Å². The van der Waals surface area contributed by atoms with Gasteiger partial charge in [0.05, 0.1) is 0 Å². The molecule has 0 aromatic heterocycles. The molecule has 0 fully saturated rings. The van der Waals surface area contributed by atoms with E-state index in [1.165, 1.54) is 0 Å². The molecule has 12 nitrogen and oxygen atoms in total. The predicted molar refractivity (Wildman–Crippen MR) is 39.1 cm³/mol. The molecule has 0 saturated heterocycles. The topological polar surface area (TPSA) is 173 Å². The van der Waals surface area contributed by atoms with Crippen LogP contribution in [0.25, 0.3) is 0 Å². The number of hydrogen-bond acceptors (Lipinski definition) is 8. The van der Waals surface area contributed by atoms with Crippen LogP contribution >= 0.6 is 0 Å². The lowest BCUT2D eigenvalue weighted by atomic mass is 10.3. The van der Waals surface area contributed by atoms with E-state index in [2.05, 4.69) is 0 Å². The fourth-order valence-electron chi connectivity index (χ4n) is 0.533. The Bertz CT molecular complexity index is 255. The molecule has 0 amide bonds. The van der Waals surface area contributed by atoms with E-state index in [0.29, 0.717) is 0 Å². The Morgan fingerprint density at radius 3 is 1.00 bits per heavy atom. The van der Waals surface area contributed by atoms with Crippen molar-refractivity contribution in [3.05, 3.63) is 52.8 Å². The quantitative estimate of drug-likeness (QED) is 0.327. The highest BCUT2D eigenvalue weighted by molar-refractivity contribution is 4.74. The van der Waals surface area contributed by atoms with Gasteiger partial charge in [0.1, 0.15) is 0 Å². The summed E-state index contributed by atoms with van der Waals surface area (Å²) in [4.78, 5) is 33.9. The Kier molecular flexibility index (Phi) is 3.74. The summed E-state index contributed by atoms with van der Waals surface area (Å²) < 4.78 is 0. The van der Waals surface area contributed by atoms with Crippen molar-refractivity contribution < 1.29 is 19.7 Å². The fourth-order valence-corrected chi connectivity index (χ4v) is 0.533. The molecule has 0 heterocycles. The lowest BCUT2D eigenvalue weighted by Crippen LogP contribution is -2.28. The van der Waals surface area contributed by atoms with E-state index in [4.69, 9.17) is 0 Å². The second kappa shape index (κ2) is 4.54. The molecule has 84 valence electrons. The van der Waals surface area contributed by atoms with Crippen molar-refractivity contribution in [3.8, 4) is 0 Å². The van der Waals surface area contributed by atoms with E-state index >= 15 is 0 Å². The summed E-state index contributed by atoms with van der Waals surface area (Å²) in [5, 5.41) is 40.0. The monoisotopic (exact) mass is 222 g/mol. The summed E-state index contributed by atoms with van der Waals surface area (Å²) >= 11 is 0. The van der Waals surface area contributed by atoms with Crippen LogP contribution in [0.4, 0.5) is 0 Å². The predicted octanol–water partition coefficient (Wildman–Crippen LogP) is -0.538. The Morgan fingerprint density at radius 2 is 0.867 bits per heavy atom. The van der Waals surface area contributed by atoms with Crippen LogP contribution in [0.2, 0.25) is 0 Å². The van der Waals surface area contributed by atoms with Gasteiger partial charge >= 0.3 is 0 Å². The Balaban J connectivity index is 4.77. The highest BCUT2D eigenvalue weighted by Gasteiger charge is 2.28. The number of hydrogen-bond donors (Lipinski definition) is 0. The third-order valence-electron chi connectivity index (χ3n) is 1.16. The molecule has 0 aliphatic rings. The van der Waals surface area contributed by atoms with Crippen molar-refractivity contribution >= 4 is 0 Å². The molecule has 12 heteroatoms. The maximum atomic E-state index is 9.99. The highest BCUT2D eigenvalue weighted by atomic mass is 16.7. The van der Waals surface area contributed by atoms with Gasteiger partial charge in [-0.3, -0.25) is 40.5 Å². The first-order valence-corrected chi connectivity index (χ1v) is 3.06. The third-order valence-corrected chi connectivity index (χ3v) is 1.16. The molecule has 0 saturated carbocycles. The molecule has 0 unspecified atom stereocenters. The van der Waals surface area contributed by atoms with Crippen LogP contribution in [0.1, 0.15) is 6.42 Å². The van der Waals surface area contributed by atoms with Crippen molar-refractivity contribution in [2.24, 2.45) is 0 Å². The Hall–Kier alpha value is -2.66. The maximum absolute atomic E-state index is 9.99. The van der Waals surface area contributed by atoms with Gasteiger partial charge in [0.25, 0.3) is 0 Å². The normalized spacial score (nSPS) is 9.07. The summed E-state index contributed by atoms with van der Waals surface area (Å²) in [6, 6.07) is 0. The molecule has 0 radical (unpaired) electrons. The van der Waals surface area contributed by atoms with Gasteiger partial charge in [-0.05, 0) is 26.1 Å². The van der Waals surface area contributed by atoms with E-state index < -0.39 is 38.4 Å². The molecular formula is C3H2N4O8-2. The van der Waals surface area contributed by atoms with E-state index in [1.807, 2.05) is 0 Å². The average molecular weight is 222 g/mol. The second-order valence-electron chi connectivity index (χ2n) is 2.04. The molecule has 0 aliphatic carbocycles. The van der Waals surface area contributed by atoms with Crippen LogP contribution < -0.4 is 0 Å². The number of nitrogens with zero attached hydrogens (tertiary/aromatic N) is 4. The summed E-state index contributed by atoms with van der Waals surface area (Å²) in [7, 11) is 0. The maximum Gasteiger partial charge on any atom is 0.250 e. The molecule has 15 heavy (non-hydrogen) atoms. The standard InChI is InChI=1S/C3H2N4O8/c8-4(9)2(5(10)11)1-3(6(12)13)7(14)15/h1H2/q-2. The zero-order chi connectivity index (χ0) is 12.2. The summed E-state index contributed by atoms with van der Waals surface area (Å²) in [6.07, 6.45) is -5.00. The van der Waals surface area contributed by atoms with E-state index in [0.717, 1.165) is 0 Å². The molecular weight excluding hydrogens is 220 g/mol. The van der Waals surface area contributed by atoms with Crippen LogP contribution in [0.5, 0.6) is 0 Å². The van der Waals surface area contributed by atoms with Crippen LogP contribution in [0.15, 0.2) is 0 Å². The van der Waals surface area contributed by atoms with Crippen molar-refractivity contribution in [1.29, 1.82) is 0 Å². The van der Waals surface area contributed by atoms with E-state index in [-0.39, 0.29) is 0 Å². The number of nitro groups is 4. The van der Waals surface area contributed by atoms with Gasteiger partial charge in [0.2, 0.25) is 12.3 Å². The molecule has 0 spiro atoms. The molecule has 0 bridgehead atoms. The molecule has 0 aromatic rings. The average Bonchev–Trinajstić information content (AvgIpc) is 2.01. The van der Waals surface area contributed by atoms with Gasteiger partial charge in [-0.2, -0.15) is 0 Å². The molecule has 0 rings (SSSR count). The summed E-state index contributed by atoms with van der Waals surface area (Å²) in [5.41, 5.74) is 0. The van der Waals surface area contributed by atoms with Gasteiger partial charge in [0.15, 0.2) is 0 Å². The van der Waals surface area contributed by atoms with Gasteiger partial charge in [-0.25, -0.2) is 0 Å².